The molecule has 0 aromatic heterocycles. The molecule has 0 bridgehead atoms. The van der Waals surface area contributed by atoms with Gasteiger partial charge in [0.05, 0.1) is 0 Å². The van der Waals surface area contributed by atoms with Gasteiger partial charge in [0.25, 0.3) is 0 Å². The maximum atomic E-state index is 13.1. The van der Waals surface area contributed by atoms with E-state index in [2.05, 4.69) is 31.9 Å². The van der Waals surface area contributed by atoms with Crippen molar-refractivity contribution in [1.29, 1.82) is 0 Å². The molecule has 0 unspecified atom stereocenters. The molecule has 118 valence electrons. The van der Waals surface area contributed by atoms with E-state index in [4.69, 9.17) is 0 Å². The van der Waals surface area contributed by atoms with Gasteiger partial charge in [-0.05, 0) is 41.5 Å². The van der Waals surface area contributed by atoms with Crippen molar-refractivity contribution in [3.05, 3.63) is 104 Å². The molecule has 0 fully saturated rings. The second-order valence-corrected chi connectivity index (χ2v) is 7.15. The second-order valence-electron chi connectivity index (χ2n) is 5.32. The highest BCUT2D eigenvalue weighted by atomic mass is 79.9. The standard InChI is InChI=1S/C21H14Br2O/c22-18-10-4-8-16(13-18)20(12-15-6-2-1-3-7-15)21(24)17-9-5-11-19(23)14-17/h1-14H/b20-12+. The van der Waals surface area contributed by atoms with Crippen molar-refractivity contribution >= 4 is 49.3 Å². The first-order valence-corrected chi connectivity index (χ1v) is 9.05. The van der Waals surface area contributed by atoms with Crippen LogP contribution in [0.4, 0.5) is 0 Å². The SMILES string of the molecule is O=C(/C(=C/c1ccccc1)c1cccc(Br)c1)c1cccc(Br)c1. The first kappa shape index (κ1) is 16.9. The van der Waals surface area contributed by atoms with Crippen molar-refractivity contribution < 1.29 is 4.79 Å². The molecule has 24 heavy (non-hydrogen) atoms. The van der Waals surface area contributed by atoms with E-state index in [9.17, 15) is 4.79 Å². The molecule has 0 heterocycles. The third kappa shape index (κ3) is 4.11. The summed E-state index contributed by atoms with van der Waals surface area (Å²) in [5.41, 5.74) is 3.21. The maximum absolute atomic E-state index is 13.1. The lowest BCUT2D eigenvalue weighted by Crippen LogP contribution is -2.03. The van der Waals surface area contributed by atoms with E-state index in [-0.39, 0.29) is 5.78 Å². The normalized spacial score (nSPS) is 11.3. The molecule has 0 aliphatic heterocycles. The zero-order valence-corrected chi connectivity index (χ0v) is 15.9. The quantitative estimate of drug-likeness (QED) is 0.252. The molecule has 0 N–H and O–H groups in total. The maximum Gasteiger partial charge on any atom is 0.193 e. The predicted molar refractivity (Wildman–Crippen MR) is 107 cm³/mol. The first-order chi connectivity index (χ1) is 11.6. The van der Waals surface area contributed by atoms with Crippen LogP contribution in [0.2, 0.25) is 0 Å². The van der Waals surface area contributed by atoms with Crippen LogP contribution in [0.5, 0.6) is 0 Å². The fourth-order valence-electron chi connectivity index (χ4n) is 2.44. The van der Waals surface area contributed by atoms with Gasteiger partial charge < -0.3 is 0 Å². The smallest absolute Gasteiger partial charge is 0.193 e. The molecule has 3 heteroatoms. The van der Waals surface area contributed by atoms with Gasteiger partial charge in [-0.15, -0.1) is 0 Å². The number of ketones is 1. The number of carbonyl (C=O) groups excluding carboxylic acids is 1. The predicted octanol–water partition coefficient (Wildman–Crippen LogP) is 6.64. The molecule has 0 saturated heterocycles. The minimum Gasteiger partial charge on any atom is -0.289 e. The Morgan fingerprint density at radius 3 is 1.92 bits per heavy atom. The number of benzene rings is 3. The molecule has 1 nitrogen and oxygen atoms in total. The summed E-state index contributed by atoms with van der Waals surface area (Å²) in [6, 6.07) is 25.2. The van der Waals surface area contributed by atoms with Gasteiger partial charge in [-0.25, -0.2) is 0 Å². The van der Waals surface area contributed by atoms with Gasteiger partial charge in [0.1, 0.15) is 0 Å². The third-order valence-electron chi connectivity index (χ3n) is 3.58. The van der Waals surface area contributed by atoms with Crippen LogP contribution in [0.1, 0.15) is 21.5 Å². The molecule has 0 aliphatic rings. The minimum absolute atomic E-state index is 0.00162. The van der Waals surface area contributed by atoms with Crippen molar-refractivity contribution in [2.45, 2.75) is 0 Å². The average molecular weight is 442 g/mol. The van der Waals surface area contributed by atoms with Crippen LogP contribution in [-0.4, -0.2) is 5.78 Å². The van der Waals surface area contributed by atoms with Crippen molar-refractivity contribution in [2.75, 3.05) is 0 Å². The van der Waals surface area contributed by atoms with E-state index in [0.717, 1.165) is 20.1 Å². The van der Waals surface area contributed by atoms with Gasteiger partial charge in [0.15, 0.2) is 5.78 Å². The van der Waals surface area contributed by atoms with Crippen LogP contribution < -0.4 is 0 Å². The number of rotatable bonds is 4. The van der Waals surface area contributed by atoms with E-state index in [1.165, 1.54) is 0 Å². The van der Waals surface area contributed by atoms with Crippen molar-refractivity contribution in [2.24, 2.45) is 0 Å². The average Bonchev–Trinajstić information content (AvgIpc) is 2.60. The Hall–Kier alpha value is -1.97. The van der Waals surface area contributed by atoms with Gasteiger partial charge in [-0.3, -0.25) is 4.79 Å². The monoisotopic (exact) mass is 440 g/mol. The lowest BCUT2D eigenvalue weighted by atomic mass is 9.95. The fourth-order valence-corrected chi connectivity index (χ4v) is 3.24. The van der Waals surface area contributed by atoms with Crippen LogP contribution >= 0.6 is 31.9 Å². The molecule has 3 rings (SSSR count). The molecule has 0 spiro atoms. The molecular weight excluding hydrogens is 428 g/mol. The fraction of sp³-hybridized carbons (Fsp3) is 0. The van der Waals surface area contributed by atoms with E-state index >= 15 is 0 Å². The first-order valence-electron chi connectivity index (χ1n) is 7.46. The second kappa shape index (κ2) is 7.73. The summed E-state index contributed by atoms with van der Waals surface area (Å²) in [4.78, 5) is 13.1. The van der Waals surface area contributed by atoms with Crippen LogP contribution in [0.25, 0.3) is 11.6 Å². The van der Waals surface area contributed by atoms with Crippen molar-refractivity contribution in [3.63, 3.8) is 0 Å². The Bertz CT molecular complexity index is 898. The Morgan fingerprint density at radius 2 is 1.29 bits per heavy atom. The summed E-state index contributed by atoms with van der Waals surface area (Å²) in [6.07, 6.45) is 1.94. The number of Topliss-reactive ketones (excluding diaryl/α,β-unsaturated/α-hetero) is 1. The molecule has 0 atom stereocenters. The Labute approximate surface area is 158 Å². The summed E-state index contributed by atoms with van der Waals surface area (Å²) in [5, 5.41) is 0. The van der Waals surface area contributed by atoms with E-state index in [0.29, 0.717) is 11.1 Å². The molecule has 0 aliphatic carbocycles. The summed E-state index contributed by atoms with van der Waals surface area (Å²) < 4.78 is 1.84. The molecule has 3 aromatic carbocycles. The summed E-state index contributed by atoms with van der Waals surface area (Å²) in [6.45, 7) is 0. The zero-order valence-electron chi connectivity index (χ0n) is 12.7. The molecule has 0 amide bonds. The molecular formula is C21H14Br2O. The Kier molecular flexibility index (Phi) is 5.44. The Morgan fingerprint density at radius 1 is 0.708 bits per heavy atom. The number of halogens is 2. The molecule has 3 aromatic rings. The van der Waals surface area contributed by atoms with E-state index in [1.807, 2.05) is 84.9 Å². The van der Waals surface area contributed by atoms with Crippen LogP contribution in [-0.2, 0) is 0 Å². The Balaban J connectivity index is 2.12. The number of carbonyl (C=O) groups is 1. The molecule has 0 radical (unpaired) electrons. The highest BCUT2D eigenvalue weighted by Gasteiger charge is 2.15. The van der Waals surface area contributed by atoms with Gasteiger partial charge in [0.2, 0.25) is 0 Å². The lowest BCUT2D eigenvalue weighted by molar-refractivity contribution is 0.105. The summed E-state index contributed by atoms with van der Waals surface area (Å²) >= 11 is 6.92. The van der Waals surface area contributed by atoms with Gasteiger partial charge >= 0.3 is 0 Å². The van der Waals surface area contributed by atoms with Crippen LogP contribution in [0, 0.1) is 0 Å². The lowest BCUT2D eigenvalue weighted by Gasteiger charge is -2.09. The van der Waals surface area contributed by atoms with E-state index in [1.54, 1.807) is 0 Å². The third-order valence-corrected chi connectivity index (χ3v) is 4.56. The van der Waals surface area contributed by atoms with Crippen molar-refractivity contribution in [3.8, 4) is 0 Å². The van der Waals surface area contributed by atoms with Gasteiger partial charge in [-0.2, -0.15) is 0 Å². The highest BCUT2D eigenvalue weighted by molar-refractivity contribution is 9.10. The summed E-state index contributed by atoms with van der Waals surface area (Å²) in [7, 11) is 0. The number of hydrogen-bond acceptors (Lipinski definition) is 1. The van der Waals surface area contributed by atoms with E-state index < -0.39 is 0 Å². The van der Waals surface area contributed by atoms with Gasteiger partial charge in [0, 0.05) is 20.1 Å². The largest absolute Gasteiger partial charge is 0.289 e. The van der Waals surface area contributed by atoms with Crippen LogP contribution in [0.3, 0.4) is 0 Å². The minimum atomic E-state index is -0.00162. The zero-order chi connectivity index (χ0) is 16.9. The number of hydrogen-bond donors (Lipinski definition) is 0. The van der Waals surface area contributed by atoms with Gasteiger partial charge in [-0.1, -0.05) is 86.5 Å². The highest BCUT2D eigenvalue weighted by Crippen LogP contribution is 2.26. The summed E-state index contributed by atoms with van der Waals surface area (Å²) in [5.74, 6) is -0.00162. The topological polar surface area (TPSA) is 17.1 Å². The van der Waals surface area contributed by atoms with Crippen LogP contribution in [0.15, 0.2) is 87.8 Å². The molecule has 0 saturated carbocycles. The van der Waals surface area contributed by atoms with Crippen molar-refractivity contribution in [1.82, 2.24) is 0 Å². The number of allylic oxidation sites excluding steroid dienone is 1.